The normalized spacial score (nSPS) is 10.3. The van der Waals surface area contributed by atoms with Gasteiger partial charge in [-0.05, 0) is 42.8 Å². The van der Waals surface area contributed by atoms with Gasteiger partial charge >= 0.3 is 0 Å². The molecule has 0 unspecified atom stereocenters. The number of halogens is 2. The fourth-order valence-electron chi connectivity index (χ4n) is 1.89. The molecule has 0 aromatic heterocycles. The highest BCUT2D eigenvalue weighted by Crippen LogP contribution is 2.25. The molecule has 104 valence electrons. The Hall–Kier alpha value is -1.40. The van der Waals surface area contributed by atoms with Gasteiger partial charge in [-0.3, -0.25) is 10.1 Å². The number of hydrogen-bond donors (Lipinski definition) is 1. The van der Waals surface area contributed by atoms with Crippen LogP contribution in [0.3, 0.4) is 0 Å². The number of hydrogen-bond acceptors (Lipinski definition) is 3. The molecule has 0 amide bonds. The van der Waals surface area contributed by atoms with Gasteiger partial charge in [0.1, 0.15) is 0 Å². The van der Waals surface area contributed by atoms with E-state index in [0.717, 1.165) is 20.2 Å². The quantitative estimate of drug-likeness (QED) is 0.578. The molecule has 0 aliphatic rings. The summed E-state index contributed by atoms with van der Waals surface area (Å²) in [5.41, 5.74) is 2.81. The highest BCUT2D eigenvalue weighted by atomic mass is 79.9. The monoisotopic (exact) mass is 398 g/mol. The van der Waals surface area contributed by atoms with Gasteiger partial charge in [0, 0.05) is 32.8 Å². The Morgan fingerprint density at radius 2 is 1.80 bits per heavy atom. The minimum Gasteiger partial charge on any atom is -0.380 e. The Morgan fingerprint density at radius 3 is 2.45 bits per heavy atom. The average molecular weight is 400 g/mol. The first-order valence-corrected chi connectivity index (χ1v) is 7.49. The maximum absolute atomic E-state index is 11.0. The molecule has 4 nitrogen and oxygen atoms in total. The van der Waals surface area contributed by atoms with Gasteiger partial charge in [0.15, 0.2) is 0 Å². The molecule has 0 saturated heterocycles. The van der Waals surface area contributed by atoms with Crippen LogP contribution in [0, 0.1) is 17.0 Å². The van der Waals surface area contributed by atoms with Gasteiger partial charge in [-0.15, -0.1) is 0 Å². The van der Waals surface area contributed by atoms with E-state index < -0.39 is 0 Å². The highest BCUT2D eigenvalue weighted by Gasteiger charge is 2.13. The predicted molar refractivity (Wildman–Crippen MR) is 87.0 cm³/mol. The van der Waals surface area contributed by atoms with Gasteiger partial charge in [-0.1, -0.05) is 31.9 Å². The lowest BCUT2D eigenvalue weighted by molar-refractivity contribution is -0.385. The van der Waals surface area contributed by atoms with Gasteiger partial charge in [0.2, 0.25) is 0 Å². The van der Waals surface area contributed by atoms with Crippen LogP contribution in [0.1, 0.15) is 11.1 Å². The molecule has 0 radical (unpaired) electrons. The van der Waals surface area contributed by atoms with Crippen LogP contribution in [0.15, 0.2) is 45.3 Å². The van der Waals surface area contributed by atoms with Crippen LogP contribution in [0.25, 0.3) is 0 Å². The molecule has 2 aromatic carbocycles. The molecule has 2 rings (SSSR count). The van der Waals surface area contributed by atoms with Crippen molar-refractivity contribution in [3.63, 3.8) is 0 Å². The smallest absolute Gasteiger partial charge is 0.274 e. The summed E-state index contributed by atoms with van der Waals surface area (Å²) in [6, 6.07) is 10.8. The van der Waals surface area contributed by atoms with Crippen molar-refractivity contribution in [2.45, 2.75) is 13.5 Å². The molecule has 0 spiro atoms. The summed E-state index contributed by atoms with van der Waals surface area (Å²) in [5.74, 6) is 0. The van der Waals surface area contributed by atoms with Crippen molar-refractivity contribution in [3.05, 3.63) is 66.6 Å². The first-order valence-electron chi connectivity index (χ1n) is 5.90. The van der Waals surface area contributed by atoms with Gasteiger partial charge in [0.05, 0.1) is 4.92 Å². The van der Waals surface area contributed by atoms with E-state index in [1.807, 2.05) is 25.1 Å². The van der Waals surface area contributed by atoms with Crippen LogP contribution in [0.5, 0.6) is 0 Å². The van der Waals surface area contributed by atoms with Crippen molar-refractivity contribution in [1.29, 1.82) is 0 Å². The number of benzene rings is 2. The Kier molecular flexibility index (Phi) is 4.77. The van der Waals surface area contributed by atoms with E-state index >= 15 is 0 Å². The summed E-state index contributed by atoms with van der Waals surface area (Å²) in [5, 5.41) is 14.2. The third kappa shape index (κ3) is 3.58. The largest absolute Gasteiger partial charge is 0.380 e. The summed E-state index contributed by atoms with van der Waals surface area (Å²) in [4.78, 5) is 10.6. The van der Waals surface area contributed by atoms with Crippen molar-refractivity contribution in [1.82, 2.24) is 0 Å². The Bertz CT molecular complexity index is 660. The van der Waals surface area contributed by atoms with Crippen LogP contribution in [0.2, 0.25) is 0 Å². The zero-order valence-corrected chi connectivity index (χ0v) is 13.9. The third-order valence-electron chi connectivity index (χ3n) is 2.90. The van der Waals surface area contributed by atoms with Crippen LogP contribution in [-0.4, -0.2) is 4.92 Å². The zero-order valence-electron chi connectivity index (χ0n) is 10.7. The fourth-order valence-corrected chi connectivity index (χ4v) is 2.77. The summed E-state index contributed by atoms with van der Waals surface area (Å²) in [6.07, 6.45) is 0. The molecule has 0 aliphatic carbocycles. The van der Waals surface area contributed by atoms with Gasteiger partial charge in [0.25, 0.3) is 5.69 Å². The van der Waals surface area contributed by atoms with E-state index in [1.165, 1.54) is 6.07 Å². The fraction of sp³-hybridized carbons (Fsp3) is 0.143. The van der Waals surface area contributed by atoms with Gasteiger partial charge in [-0.2, -0.15) is 0 Å². The molecule has 6 heteroatoms. The number of rotatable bonds is 4. The number of nitro benzene ring substituents is 1. The summed E-state index contributed by atoms with van der Waals surface area (Å²) in [6.45, 7) is 2.39. The molecular weight excluding hydrogens is 388 g/mol. The number of nitrogens with one attached hydrogen (secondary N) is 1. The van der Waals surface area contributed by atoms with E-state index in [0.29, 0.717) is 12.1 Å². The molecule has 0 saturated carbocycles. The van der Waals surface area contributed by atoms with E-state index in [9.17, 15) is 10.1 Å². The molecule has 0 bridgehead atoms. The Morgan fingerprint density at radius 1 is 1.15 bits per heavy atom. The van der Waals surface area contributed by atoms with Crippen LogP contribution < -0.4 is 5.32 Å². The third-order valence-corrected chi connectivity index (χ3v) is 3.88. The summed E-state index contributed by atoms with van der Waals surface area (Å²) >= 11 is 6.75. The van der Waals surface area contributed by atoms with Crippen molar-refractivity contribution >= 4 is 43.2 Å². The average Bonchev–Trinajstić information content (AvgIpc) is 2.37. The number of nitro groups is 1. The number of nitrogens with zero attached hydrogens (tertiary/aromatic N) is 1. The second-order valence-corrected chi connectivity index (χ2v) is 6.17. The minimum absolute atomic E-state index is 0.121. The summed E-state index contributed by atoms with van der Waals surface area (Å²) in [7, 11) is 0. The lowest BCUT2D eigenvalue weighted by Crippen LogP contribution is -2.04. The maximum Gasteiger partial charge on any atom is 0.274 e. The van der Waals surface area contributed by atoms with Crippen LogP contribution in [-0.2, 0) is 6.54 Å². The number of anilines is 1. The SMILES string of the molecule is Cc1cc(Br)ccc1NCc1cc(Br)ccc1[N+](=O)[O-]. The van der Waals surface area contributed by atoms with Gasteiger partial charge < -0.3 is 5.32 Å². The first-order chi connectivity index (χ1) is 9.47. The maximum atomic E-state index is 11.0. The molecule has 0 heterocycles. The number of aryl methyl sites for hydroxylation is 1. The minimum atomic E-state index is -0.363. The van der Waals surface area contributed by atoms with Crippen molar-refractivity contribution in [3.8, 4) is 0 Å². The molecule has 0 fully saturated rings. The predicted octanol–water partition coefficient (Wildman–Crippen LogP) is 5.04. The topological polar surface area (TPSA) is 55.2 Å². The van der Waals surface area contributed by atoms with Crippen LogP contribution >= 0.6 is 31.9 Å². The van der Waals surface area contributed by atoms with E-state index in [2.05, 4.69) is 37.2 Å². The molecule has 0 atom stereocenters. The lowest BCUT2D eigenvalue weighted by Gasteiger charge is -2.10. The lowest BCUT2D eigenvalue weighted by atomic mass is 10.1. The molecular formula is C14H12Br2N2O2. The van der Waals surface area contributed by atoms with Crippen LogP contribution in [0.4, 0.5) is 11.4 Å². The Balaban J connectivity index is 2.22. The highest BCUT2D eigenvalue weighted by molar-refractivity contribution is 9.10. The second kappa shape index (κ2) is 6.37. The van der Waals surface area contributed by atoms with E-state index in [1.54, 1.807) is 12.1 Å². The molecule has 2 aromatic rings. The van der Waals surface area contributed by atoms with E-state index in [-0.39, 0.29) is 10.6 Å². The van der Waals surface area contributed by atoms with E-state index in [4.69, 9.17) is 0 Å². The second-order valence-electron chi connectivity index (χ2n) is 4.34. The Labute approximate surface area is 133 Å². The van der Waals surface area contributed by atoms with Gasteiger partial charge in [-0.25, -0.2) is 0 Å². The molecule has 1 N–H and O–H groups in total. The van der Waals surface area contributed by atoms with Crippen molar-refractivity contribution < 1.29 is 4.92 Å². The van der Waals surface area contributed by atoms with Crippen molar-refractivity contribution in [2.24, 2.45) is 0 Å². The first kappa shape index (κ1) is 15.0. The standard InChI is InChI=1S/C14H12Br2N2O2/c1-9-6-11(15)2-4-13(9)17-8-10-7-12(16)3-5-14(10)18(19)20/h2-7,17H,8H2,1H3. The zero-order chi connectivity index (χ0) is 14.7. The molecule has 20 heavy (non-hydrogen) atoms. The van der Waals surface area contributed by atoms with Crippen molar-refractivity contribution in [2.75, 3.05) is 5.32 Å². The summed E-state index contributed by atoms with van der Waals surface area (Å²) < 4.78 is 1.83. The molecule has 0 aliphatic heterocycles.